The molecule has 1 aromatic heterocycles. The maximum Gasteiger partial charge on any atom is 0.272 e. The van der Waals surface area contributed by atoms with Gasteiger partial charge in [0, 0.05) is 13.1 Å². The van der Waals surface area contributed by atoms with Gasteiger partial charge in [-0.25, -0.2) is 10.8 Å². The molecule has 0 spiro atoms. The van der Waals surface area contributed by atoms with Gasteiger partial charge in [0.05, 0.1) is 0 Å². The van der Waals surface area contributed by atoms with Gasteiger partial charge in [-0.2, -0.15) is 0 Å². The zero-order valence-corrected chi connectivity index (χ0v) is 11.6. The topological polar surface area (TPSA) is 71.2 Å². The summed E-state index contributed by atoms with van der Waals surface area (Å²) in [6, 6.07) is 5.58. The normalized spacial score (nSPS) is 22.9. The third-order valence-electron chi connectivity index (χ3n) is 3.97. The smallest absolute Gasteiger partial charge is 0.272 e. The van der Waals surface area contributed by atoms with E-state index < -0.39 is 0 Å². The van der Waals surface area contributed by atoms with Crippen LogP contribution in [0, 0.1) is 5.92 Å². The molecule has 1 aliphatic rings. The Morgan fingerprint density at radius 2 is 2.05 bits per heavy atom. The highest BCUT2D eigenvalue weighted by Gasteiger charge is 2.26. The first kappa shape index (κ1) is 13.8. The van der Waals surface area contributed by atoms with Crippen LogP contribution in [-0.4, -0.2) is 28.9 Å². The molecule has 0 saturated heterocycles. The van der Waals surface area contributed by atoms with E-state index in [1.807, 2.05) is 11.9 Å². The van der Waals surface area contributed by atoms with Crippen molar-refractivity contribution in [2.24, 2.45) is 11.8 Å². The first-order chi connectivity index (χ1) is 9.11. The van der Waals surface area contributed by atoms with Crippen molar-refractivity contribution >= 4 is 11.7 Å². The fraction of sp³-hybridized carbons (Fsp3) is 0.571. The molecule has 19 heavy (non-hydrogen) atoms. The van der Waals surface area contributed by atoms with E-state index in [0.717, 1.165) is 18.8 Å². The van der Waals surface area contributed by atoms with E-state index in [2.05, 4.69) is 17.3 Å². The maximum atomic E-state index is 12.4. The lowest BCUT2D eigenvalue weighted by Crippen LogP contribution is -2.39. The van der Waals surface area contributed by atoms with Crippen LogP contribution < -0.4 is 11.3 Å². The third-order valence-corrected chi connectivity index (χ3v) is 3.97. The zero-order valence-electron chi connectivity index (χ0n) is 11.6. The number of hydrogen-bond donors (Lipinski definition) is 2. The van der Waals surface area contributed by atoms with Crippen molar-refractivity contribution in [3.05, 3.63) is 23.9 Å². The van der Waals surface area contributed by atoms with Gasteiger partial charge in [0.2, 0.25) is 0 Å². The Balaban J connectivity index is 2.05. The first-order valence-corrected chi connectivity index (χ1v) is 6.82. The highest BCUT2D eigenvalue weighted by molar-refractivity contribution is 5.92. The molecular formula is C14H22N4O. The molecule has 1 saturated carbocycles. The Morgan fingerprint density at radius 1 is 1.37 bits per heavy atom. The minimum Gasteiger partial charge on any atom is -0.337 e. The van der Waals surface area contributed by atoms with E-state index in [0.29, 0.717) is 17.6 Å². The Bertz CT molecular complexity index is 441. The number of anilines is 1. The highest BCUT2D eigenvalue weighted by Crippen LogP contribution is 2.27. The number of pyridine rings is 1. The summed E-state index contributed by atoms with van der Waals surface area (Å²) in [5.41, 5.74) is 2.91. The van der Waals surface area contributed by atoms with Gasteiger partial charge in [0.25, 0.3) is 5.91 Å². The summed E-state index contributed by atoms with van der Waals surface area (Å²) in [5, 5.41) is 0. The molecule has 1 aromatic rings. The van der Waals surface area contributed by atoms with Gasteiger partial charge in [-0.15, -0.1) is 0 Å². The first-order valence-electron chi connectivity index (χ1n) is 6.82. The second-order valence-corrected chi connectivity index (χ2v) is 5.38. The van der Waals surface area contributed by atoms with Gasteiger partial charge < -0.3 is 10.3 Å². The lowest BCUT2D eigenvalue weighted by molar-refractivity contribution is 0.0674. The van der Waals surface area contributed by atoms with Crippen LogP contribution in [0.3, 0.4) is 0 Å². The van der Waals surface area contributed by atoms with E-state index in [-0.39, 0.29) is 5.91 Å². The fourth-order valence-electron chi connectivity index (χ4n) is 2.61. The molecule has 3 N–H and O–H groups in total. The molecule has 0 unspecified atom stereocenters. The second kappa shape index (κ2) is 6.02. The summed E-state index contributed by atoms with van der Waals surface area (Å²) in [6.45, 7) is 2.27. The number of nitrogens with two attached hydrogens (primary N) is 1. The number of rotatable bonds is 3. The van der Waals surface area contributed by atoms with Crippen LogP contribution in [0.1, 0.15) is 43.1 Å². The van der Waals surface area contributed by atoms with E-state index in [4.69, 9.17) is 5.84 Å². The SMILES string of the molecule is CC1CCC(N(C)C(=O)c2cccc(NN)n2)CC1. The molecule has 104 valence electrons. The number of nitrogen functional groups attached to an aromatic ring is 1. The summed E-state index contributed by atoms with van der Waals surface area (Å²) in [5.74, 6) is 6.58. The molecule has 2 rings (SSSR count). The Labute approximate surface area is 114 Å². The number of hydrogen-bond acceptors (Lipinski definition) is 4. The van der Waals surface area contributed by atoms with E-state index in [1.54, 1.807) is 18.2 Å². The Hall–Kier alpha value is -1.62. The molecule has 1 fully saturated rings. The standard InChI is InChI=1S/C14H22N4O/c1-10-6-8-11(9-7-10)18(2)14(19)12-4-3-5-13(16-12)17-15/h3-5,10-11H,6-9,15H2,1-2H3,(H,16,17). The number of carbonyl (C=O) groups excluding carboxylic acids is 1. The third kappa shape index (κ3) is 3.23. The minimum atomic E-state index is -0.0309. The van der Waals surface area contributed by atoms with Crippen molar-refractivity contribution in [1.82, 2.24) is 9.88 Å². The van der Waals surface area contributed by atoms with Crippen LogP contribution in [0.5, 0.6) is 0 Å². The number of carbonyl (C=O) groups is 1. The minimum absolute atomic E-state index is 0.0309. The van der Waals surface area contributed by atoms with E-state index in [9.17, 15) is 4.79 Å². The van der Waals surface area contributed by atoms with Crippen LogP contribution in [-0.2, 0) is 0 Å². The van der Waals surface area contributed by atoms with Crippen molar-refractivity contribution in [3.63, 3.8) is 0 Å². The number of nitrogens with one attached hydrogen (secondary N) is 1. The Kier molecular flexibility index (Phi) is 4.37. The maximum absolute atomic E-state index is 12.4. The van der Waals surface area contributed by atoms with Gasteiger partial charge in [-0.1, -0.05) is 13.0 Å². The van der Waals surface area contributed by atoms with Gasteiger partial charge in [-0.3, -0.25) is 4.79 Å². The number of nitrogens with zero attached hydrogens (tertiary/aromatic N) is 2. The molecular weight excluding hydrogens is 240 g/mol. The number of amides is 1. The number of aromatic nitrogens is 1. The average Bonchev–Trinajstić information content (AvgIpc) is 2.46. The van der Waals surface area contributed by atoms with Crippen molar-refractivity contribution in [2.75, 3.05) is 12.5 Å². The molecule has 5 heteroatoms. The summed E-state index contributed by atoms with van der Waals surface area (Å²) < 4.78 is 0. The monoisotopic (exact) mass is 262 g/mol. The molecule has 1 heterocycles. The molecule has 0 aromatic carbocycles. The van der Waals surface area contributed by atoms with Crippen molar-refractivity contribution in [2.45, 2.75) is 38.6 Å². The molecule has 1 aliphatic carbocycles. The Morgan fingerprint density at radius 3 is 2.68 bits per heavy atom. The van der Waals surface area contributed by atoms with Crippen LogP contribution in [0.15, 0.2) is 18.2 Å². The van der Waals surface area contributed by atoms with Crippen LogP contribution in [0.4, 0.5) is 5.82 Å². The van der Waals surface area contributed by atoms with E-state index >= 15 is 0 Å². The quantitative estimate of drug-likeness (QED) is 0.646. The van der Waals surface area contributed by atoms with E-state index in [1.165, 1.54) is 12.8 Å². The summed E-state index contributed by atoms with van der Waals surface area (Å²) >= 11 is 0. The fourth-order valence-corrected chi connectivity index (χ4v) is 2.61. The highest BCUT2D eigenvalue weighted by atomic mass is 16.2. The average molecular weight is 262 g/mol. The largest absolute Gasteiger partial charge is 0.337 e. The summed E-state index contributed by atoms with van der Waals surface area (Å²) in [4.78, 5) is 18.4. The molecule has 0 bridgehead atoms. The predicted octanol–water partition coefficient (Wildman–Crippen LogP) is 2.02. The molecule has 5 nitrogen and oxygen atoms in total. The predicted molar refractivity (Wildman–Crippen MR) is 75.6 cm³/mol. The lowest BCUT2D eigenvalue weighted by Gasteiger charge is -2.33. The van der Waals surface area contributed by atoms with Crippen molar-refractivity contribution < 1.29 is 4.79 Å². The zero-order chi connectivity index (χ0) is 13.8. The van der Waals surface area contributed by atoms with Crippen molar-refractivity contribution in [3.8, 4) is 0 Å². The second-order valence-electron chi connectivity index (χ2n) is 5.38. The van der Waals surface area contributed by atoms with Crippen molar-refractivity contribution in [1.29, 1.82) is 0 Å². The van der Waals surface area contributed by atoms with Crippen LogP contribution in [0.2, 0.25) is 0 Å². The summed E-state index contributed by atoms with van der Waals surface area (Å²) in [7, 11) is 1.87. The molecule has 0 aliphatic heterocycles. The summed E-state index contributed by atoms with van der Waals surface area (Å²) in [6.07, 6.45) is 4.55. The van der Waals surface area contributed by atoms with Gasteiger partial charge in [0.15, 0.2) is 0 Å². The van der Waals surface area contributed by atoms with Gasteiger partial charge >= 0.3 is 0 Å². The molecule has 0 atom stereocenters. The number of hydrazine groups is 1. The lowest BCUT2D eigenvalue weighted by atomic mass is 9.86. The molecule has 0 radical (unpaired) electrons. The molecule has 1 amide bonds. The van der Waals surface area contributed by atoms with Crippen LogP contribution >= 0.6 is 0 Å². The van der Waals surface area contributed by atoms with Gasteiger partial charge in [0.1, 0.15) is 11.5 Å². The van der Waals surface area contributed by atoms with Gasteiger partial charge in [-0.05, 0) is 43.7 Å². The van der Waals surface area contributed by atoms with Crippen LogP contribution in [0.25, 0.3) is 0 Å².